The number of hydrogen-bond acceptors (Lipinski definition) is 3. The molecule has 0 saturated carbocycles. The van der Waals surface area contributed by atoms with E-state index in [4.69, 9.17) is 5.73 Å². The number of para-hydroxylation sites is 1. The molecule has 3 aromatic heterocycles. The Hall–Kier alpha value is -6.40. The minimum Gasteiger partial charge on any atom is -0.383 e. The van der Waals surface area contributed by atoms with E-state index in [1.54, 1.807) is 6.20 Å². The van der Waals surface area contributed by atoms with Crippen LogP contribution in [0.5, 0.6) is 0 Å². The van der Waals surface area contributed by atoms with Gasteiger partial charge < -0.3 is 19.8 Å². The molecule has 0 aliphatic carbocycles. The van der Waals surface area contributed by atoms with Gasteiger partial charge in [-0.1, -0.05) is 42.5 Å². The summed E-state index contributed by atoms with van der Waals surface area (Å²) in [5, 5.41) is 3.61. The average molecular weight is 623 g/mol. The van der Waals surface area contributed by atoms with E-state index in [1.807, 2.05) is 49.5 Å². The van der Waals surface area contributed by atoms with Gasteiger partial charge in [0.2, 0.25) is 0 Å². The highest BCUT2D eigenvalue weighted by Crippen LogP contribution is 2.41. The Morgan fingerprint density at radius 2 is 1.42 bits per heavy atom. The highest BCUT2D eigenvalue weighted by molar-refractivity contribution is 6.14. The van der Waals surface area contributed by atoms with Gasteiger partial charge in [-0.3, -0.25) is 4.98 Å². The fourth-order valence-corrected chi connectivity index (χ4v) is 6.54. The van der Waals surface area contributed by atoms with E-state index >= 15 is 0 Å². The summed E-state index contributed by atoms with van der Waals surface area (Å²) in [6.45, 7) is 1.92. The zero-order valence-corrected chi connectivity index (χ0v) is 26.8. The van der Waals surface area contributed by atoms with E-state index in [0.29, 0.717) is 5.84 Å². The van der Waals surface area contributed by atoms with Crippen LogP contribution in [0.4, 0.5) is 17.1 Å². The molecule has 0 saturated heterocycles. The first-order chi connectivity index (χ1) is 23.6. The Labute approximate surface area is 279 Å². The molecule has 0 aliphatic rings. The van der Waals surface area contributed by atoms with Gasteiger partial charge in [-0.25, -0.2) is 4.99 Å². The molecule has 6 heteroatoms. The summed E-state index contributed by atoms with van der Waals surface area (Å²) in [6.07, 6.45) is 7.53. The van der Waals surface area contributed by atoms with Crippen molar-refractivity contribution in [3.63, 3.8) is 0 Å². The maximum absolute atomic E-state index is 6.28. The molecule has 0 aliphatic heterocycles. The molecule has 6 nitrogen and oxygen atoms in total. The third-order valence-electron chi connectivity index (χ3n) is 8.90. The number of benzene rings is 5. The van der Waals surface area contributed by atoms with Gasteiger partial charge in [0, 0.05) is 81.2 Å². The fourth-order valence-electron chi connectivity index (χ4n) is 6.54. The molecular weight excluding hydrogens is 589 g/mol. The van der Waals surface area contributed by atoms with Crippen LogP contribution in [0, 0.1) is 0 Å². The van der Waals surface area contributed by atoms with Crippen LogP contribution in [0.15, 0.2) is 163 Å². The topological polar surface area (TPSA) is 64.4 Å². The SMILES string of the molecule is C/C=C\N=C(N)c1ccc(N(c2ccc(-c3ccccn3)cc2)c2ccc3c(c2)c2cc4c(ccn4C)cc2n3-c2ccccc2)cc1. The summed E-state index contributed by atoms with van der Waals surface area (Å²) < 4.78 is 4.56. The number of nitrogens with zero attached hydrogens (tertiary/aromatic N) is 5. The number of nitrogens with two attached hydrogens (primary N) is 1. The fraction of sp³-hybridized carbons (Fsp3) is 0.0476. The first kappa shape index (κ1) is 29.0. The van der Waals surface area contributed by atoms with Crippen LogP contribution in [0.2, 0.25) is 0 Å². The van der Waals surface area contributed by atoms with Crippen molar-refractivity contribution < 1.29 is 0 Å². The summed E-state index contributed by atoms with van der Waals surface area (Å²) >= 11 is 0. The van der Waals surface area contributed by atoms with E-state index in [-0.39, 0.29) is 0 Å². The standard InChI is InChI=1S/C42H34N6/c1-3-23-45-42(43)30-14-18-34(19-15-30)47(33-16-12-29(13-17-33)38-11-7-8-24-44-38)35-20-21-39-36(27-35)37-28-40-31(22-25-46(40)2)26-41(37)48(39)32-9-5-4-6-10-32/h3-28H,1-2H3,(H2,43,45)/b23-3-. The van der Waals surface area contributed by atoms with Gasteiger partial charge in [-0.05, 0) is 104 Å². The Bertz CT molecular complexity index is 2450. The molecule has 5 aromatic carbocycles. The first-order valence-corrected chi connectivity index (χ1v) is 16.0. The molecule has 0 bridgehead atoms. The number of allylic oxidation sites excluding steroid dienone is 1. The van der Waals surface area contributed by atoms with E-state index in [1.165, 1.54) is 27.2 Å². The monoisotopic (exact) mass is 622 g/mol. The van der Waals surface area contributed by atoms with Crippen molar-refractivity contribution in [2.45, 2.75) is 6.92 Å². The lowest BCUT2D eigenvalue weighted by Crippen LogP contribution is -2.14. The molecule has 0 fully saturated rings. The lowest BCUT2D eigenvalue weighted by molar-refractivity contribution is 0.970. The number of rotatable bonds is 7. The average Bonchev–Trinajstić information content (AvgIpc) is 3.67. The van der Waals surface area contributed by atoms with Gasteiger partial charge in [0.15, 0.2) is 0 Å². The zero-order valence-electron chi connectivity index (χ0n) is 26.8. The number of anilines is 3. The summed E-state index contributed by atoms with van der Waals surface area (Å²) in [7, 11) is 2.10. The quantitative estimate of drug-likeness (QED) is 0.142. The van der Waals surface area contributed by atoms with E-state index < -0.39 is 0 Å². The Morgan fingerprint density at radius 1 is 0.708 bits per heavy atom. The van der Waals surface area contributed by atoms with Crippen molar-refractivity contribution >= 4 is 55.6 Å². The van der Waals surface area contributed by atoms with E-state index in [2.05, 4.69) is 140 Å². The number of pyridine rings is 1. The number of aromatic nitrogens is 3. The molecule has 0 radical (unpaired) electrons. The zero-order chi connectivity index (χ0) is 32.6. The van der Waals surface area contributed by atoms with E-state index in [0.717, 1.165) is 45.1 Å². The molecule has 48 heavy (non-hydrogen) atoms. The van der Waals surface area contributed by atoms with Gasteiger partial charge >= 0.3 is 0 Å². The van der Waals surface area contributed by atoms with Gasteiger partial charge in [-0.2, -0.15) is 0 Å². The highest BCUT2D eigenvalue weighted by Gasteiger charge is 2.19. The number of aliphatic imine (C=N–C) groups is 1. The number of amidine groups is 1. The minimum absolute atomic E-state index is 0.480. The predicted molar refractivity (Wildman–Crippen MR) is 201 cm³/mol. The van der Waals surface area contributed by atoms with Crippen LogP contribution in [-0.4, -0.2) is 20.0 Å². The normalized spacial score (nSPS) is 12.1. The first-order valence-electron chi connectivity index (χ1n) is 16.0. The maximum Gasteiger partial charge on any atom is 0.130 e. The van der Waals surface area contributed by atoms with Crippen LogP contribution >= 0.6 is 0 Å². The van der Waals surface area contributed by atoms with Gasteiger partial charge in [0.05, 0.1) is 16.7 Å². The van der Waals surface area contributed by atoms with Crippen LogP contribution < -0.4 is 10.6 Å². The number of aryl methyl sites for hydroxylation is 1. The Balaban J connectivity index is 1.33. The molecule has 0 unspecified atom stereocenters. The van der Waals surface area contributed by atoms with Gasteiger partial charge in [-0.15, -0.1) is 0 Å². The molecule has 0 spiro atoms. The predicted octanol–water partition coefficient (Wildman–Crippen LogP) is 10.0. The second-order valence-corrected chi connectivity index (χ2v) is 11.9. The molecule has 0 atom stereocenters. The maximum atomic E-state index is 6.28. The van der Waals surface area contributed by atoms with Crippen molar-refractivity contribution in [1.82, 2.24) is 14.1 Å². The second kappa shape index (κ2) is 12.1. The Morgan fingerprint density at radius 3 is 2.15 bits per heavy atom. The molecule has 0 amide bonds. The molecule has 8 rings (SSSR count). The summed E-state index contributed by atoms with van der Waals surface area (Å²) in [6, 6.07) is 47.0. The molecule has 3 heterocycles. The van der Waals surface area contributed by atoms with E-state index in [9.17, 15) is 0 Å². The number of hydrogen-bond donors (Lipinski definition) is 1. The summed E-state index contributed by atoms with van der Waals surface area (Å²) in [4.78, 5) is 11.2. The molecule has 232 valence electrons. The van der Waals surface area contributed by atoms with Crippen molar-refractivity contribution in [1.29, 1.82) is 0 Å². The minimum atomic E-state index is 0.480. The lowest BCUT2D eigenvalue weighted by atomic mass is 10.1. The van der Waals surface area contributed by atoms with Gasteiger partial charge in [0.1, 0.15) is 5.84 Å². The van der Waals surface area contributed by atoms with Crippen LogP contribution in [0.1, 0.15) is 12.5 Å². The third-order valence-corrected chi connectivity index (χ3v) is 8.90. The Kier molecular flexibility index (Phi) is 7.31. The van der Waals surface area contributed by atoms with Crippen LogP contribution in [0.25, 0.3) is 49.7 Å². The molecule has 2 N–H and O–H groups in total. The molecular formula is C42H34N6. The summed E-state index contributed by atoms with van der Waals surface area (Å²) in [5.41, 5.74) is 16.9. The van der Waals surface area contributed by atoms with Crippen molar-refractivity contribution in [3.05, 3.63) is 164 Å². The van der Waals surface area contributed by atoms with Crippen molar-refractivity contribution in [2.75, 3.05) is 4.90 Å². The number of fused-ring (bicyclic) bond motifs is 4. The van der Waals surface area contributed by atoms with Gasteiger partial charge in [0.25, 0.3) is 0 Å². The molecule has 8 aromatic rings. The smallest absolute Gasteiger partial charge is 0.130 e. The van der Waals surface area contributed by atoms with Crippen molar-refractivity contribution in [3.8, 4) is 16.9 Å². The lowest BCUT2D eigenvalue weighted by Gasteiger charge is -2.26. The second-order valence-electron chi connectivity index (χ2n) is 11.9. The highest BCUT2D eigenvalue weighted by atomic mass is 15.1. The third kappa shape index (κ3) is 5.10. The largest absolute Gasteiger partial charge is 0.383 e. The van der Waals surface area contributed by atoms with Crippen LogP contribution in [0.3, 0.4) is 0 Å². The summed E-state index contributed by atoms with van der Waals surface area (Å²) in [5.74, 6) is 0.480. The van der Waals surface area contributed by atoms with Crippen LogP contribution in [-0.2, 0) is 7.05 Å². The van der Waals surface area contributed by atoms with Crippen molar-refractivity contribution in [2.24, 2.45) is 17.8 Å².